The Morgan fingerprint density at radius 2 is 1.88 bits per heavy atom. The van der Waals surface area contributed by atoms with Crippen molar-refractivity contribution in [3.05, 3.63) is 83.9 Å². The summed E-state index contributed by atoms with van der Waals surface area (Å²) in [5, 5.41) is 2.30. The summed E-state index contributed by atoms with van der Waals surface area (Å²) in [7, 11) is 0. The topological polar surface area (TPSA) is 69.9 Å². The smallest absolute Gasteiger partial charge is 0.280 e. The van der Waals surface area contributed by atoms with Gasteiger partial charge in [-0.15, -0.1) is 11.3 Å². The fourth-order valence-corrected chi connectivity index (χ4v) is 4.62. The lowest BCUT2D eigenvalue weighted by atomic mass is 10.1. The van der Waals surface area contributed by atoms with Crippen LogP contribution in [0.3, 0.4) is 0 Å². The first-order chi connectivity index (χ1) is 16.2. The van der Waals surface area contributed by atoms with Crippen LogP contribution in [0.15, 0.2) is 40.6 Å². The second kappa shape index (κ2) is 9.86. The molecule has 0 unspecified atom stereocenters. The Labute approximate surface area is 212 Å². The predicted octanol–water partition coefficient (Wildman–Crippen LogP) is 6.69. The fourth-order valence-electron chi connectivity index (χ4n) is 3.54. The van der Waals surface area contributed by atoms with Gasteiger partial charge in [0.05, 0.1) is 16.4 Å². The zero-order valence-corrected chi connectivity index (χ0v) is 21.8. The molecule has 0 spiro atoms. The van der Waals surface area contributed by atoms with Gasteiger partial charge in [0.1, 0.15) is 18.3 Å². The molecule has 0 N–H and O–H groups in total. The van der Waals surface area contributed by atoms with Gasteiger partial charge in [-0.3, -0.25) is 9.36 Å². The SMILES string of the molecule is Cc1cc(COc2nc(C)n(-c3cc(-c4nc(C(C)C)ncc4C)ccc3Cl)c(=O)c2Cl)cs1. The molecule has 0 radical (unpaired) electrons. The molecule has 0 atom stereocenters. The highest BCUT2D eigenvalue weighted by Crippen LogP contribution is 2.30. The van der Waals surface area contributed by atoms with Crippen molar-refractivity contribution in [2.45, 2.75) is 47.1 Å². The minimum Gasteiger partial charge on any atom is -0.472 e. The van der Waals surface area contributed by atoms with Gasteiger partial charge < -0.3 is 4.74 Å². The van der Waals surface area contributed by atoms with E-state index < -0.39 is 5.56 Å². The molecule has 4 rings (SSSR count). The van der Waals surface area contributed by atoms with Crippen LogP contribution in [0, 0.1) is 20.8 Å². The van der Waals surface area contributed by atoms with Gasteiger partial charge in [0.2, 0.25) is 5.88 Å². The van der Waals surface area contributed by atoms with Gasteiger partial charge >= 0.3 is 0 Å². The second-order valence-corrected chi connectivity index (χ2v) is 10.3. The van der Waals surface area contributed by atoms with Crippen LogP contribution in [0.4, 0.5) is 0 Å². The van der Waals surface area contributed by atoms with Gasteiger partial charge in [0, 0.05) is 28.1 Å². The predicted molar refractivity (Wildman–Crippen MR) is 138 cm³/mol. The van der Waals surface area contributed by atoms with Crippen LogP contribution in [-0.4, -0.2) is 19.5 Å². The van der Waals surface area contributed by atoms with Crippen LogP contribution in [0.1, 0.15) is 47.4 Å². The number of hydrogen-bond acceptors (Lipinski definition) is 6. The fraction of sp³-hybridized carbons (Fsp3) is 0.280. The number of halogens is 2. The zero-order chi connectivity index (χ0) is 24.6. The van der Waals surface area contributed by atoms with Crippen LogP contribution in [-0.2, 0) is 6.61 Å². The molecule has 1 aromatic carbocycles. The van der Waals surface area contributed by atoms with Crippen LogP contribution in [0.5, 0.6) is 5.88 Å². The number of aromatic nitrogens is 4. The average molecular weight is 515 g/mol. The summed E-state index contributed by atoms with van der Waals surface area (Å²) in [5.41, 5.74) is 3.54. The lowest BCUT2D eigenvalue weighted by Gasteiger charge is -2.16. The van der Waals surface area contributed by atoms with E-state index in [9.17, 15) is 4.79 Å². The number of benzene rings is 1. The molecular formula is C25H24Cl2N4O2S. The first kappa shape index (κ1) is 24.4. The Balaban J connectivity index is 1.76. The van der Waals surface area contributed by atoms with E-state index >= 15 is 0 Å². The molecule has 0 amide bonds. The number of aryl methyl sites for hydroxylation is 3. The molecule has 3 heterocycles. The zero-order valence-electron chi connectivity index (χ0n) is 19.5. The lowest BCUT2D eigenvalue weighted by molar-refractivity contribution is 0.292. The summed E-state index contributed by atoms with van der Waals surface area (Å²) in [6.45, 7) is 10.1. The first-order valence-corrected chi connectivity index (χ1v) is 12.4. The molecule has 0 saturated heterocycles. The number of thiophene rings is 1. The van der Waals surface area contributed by atoms with E-state index in [1.165, 1.54) is 9.44 Å². The van der Waals surface area contributed by atoms with Crippen LogP contribution in [0.2, 0.25) is 10.0 Å². The van der Waals surface area contributed by atoms with E-state index in [4.69, 9.17) is 32.9 Å². The van der Waals surface area contributed by atoms with Crippen molar-refractivity contribution in [1.82, 2.24) is 19.5 Å². The highest BCUT2D eigenvalue weighted by atomic mass is 35.5. The summed E-state index contributed by atoms with van der Waals surface area (Å²) in [5.74, 6) is 1.44. The van der Waals surface area contributed by atoms with E-state index in [0.717, 1.165) is 28.2 Å². The maximum Gasteiger partial charge on any atom is 0.280 e. The van der Waals surface area contributed by atoms with Crippen molar-refractivity contribution < 1.29 is 4.74 Å². The molecule has 3 aromatic heterocycles. The van der Waals surface area contributed by atoms with Crippen LogP contribution >= 0.6 is 34.5 Å². The first-order valence-electron chi connectivity index (χ1n) is 10.8. The average Bonchev–Trinajstić information content (AvgIpc) is 3.22. The van der Waals surface area contributed by atoms with Gasteiger partial charge in [-0.1, -0.05) is 43.1 Å². The van der Waals surface area contributed by atoms with Crippen molar-refractivity contribution in [3.8, 4) is 22.8 Å². The van der Waals surface area contributed by atoms with Gasteiger partial charge in [-0.2, -0.15) is 4.98 Å². The molecule has 0 bridgehead atoms. The second-order valence-electron chi connectivity index (χ2n) is 8.35. The van der Waals surface area contributed by atoms with Crippen molar-refractivity contribution in [1.29, 1.82) is 0 Å². The molecular weight excluding hydrogens is 491 g/mol. The minimum absolute atomic E-state index is 0.0978. The van der Waals surface area contributed by atoms with Crippen LogP contribution in [0.25, 0.3) is 16.9 Å². The molecule has 0 aliphatic heterocycles. The Morgan fingerprint density at radius 1 is 1.12 bits per heavy atom. The number of rotatable bonds is 6. The minimum atomic E-state index is -0.452. The maximum absolute atomic E-state index is 13.3. The molecule has 0 saturated carbocycles. The number of ether oxygens (including phenoxy) is 1. The van der Waals surface area contributed by atoms with Crippen LogP contribution < -0.4 is 10.3 Å². The number of hydrogen-bond donors (Lipinski definition) is 0. The Hall–Kier alpha value is -2.74. The van der Waals surface area contributed by atoms with Crippen molar-refractivity contribution in [2.24, 2.45) is 0 Å². The number of nitrogens with zero attached hydrogens (tertiary/aromatic N) is 4. The largest absolute Gasteiger partial charge is 0.472 e. The summed E-state index contributed by atoms with van der Waals surface area (Å²) < 4.78 is 7.16. The molecule has 6 nitrogen and oxygen atoms in total. The van der Waals surface area contributed by atoms with E-state index in [0.29, 0.717) is 16.5 Å². The Bertz CT molecular complexity index is 1430. The molecule has 176 valence electrons. The van der Waals surface area contributed by atoms with Crippen molar-refractivity contribution in [2.75, 3.05) is 0 Å². The molecule has 4 aromatic rings. The summed E-state index contributed by atoms with van der Waals surface area (Å²) >= 11 is 14.6. The van der Waals surface area contributed by atoms with Gasteiger partial charge in [-0.05, 0) is 49.9 Å². The Morgan fingerprint density at radius 3 is 2.56 bits per heavy atom. The van der Waals surface area contributed by atoms with Gasteiger partial charge in [0.25, 0.3) is 5.56 Å². The monoisotopic (exact) mass is 514 g/mol. The molecule has 9 heteroatoms. The third kappa shape index (κ3) is 4.87. The molecule has 0 aliphatic rings. The van der Waals surface area contributed by atoms with E-state index in [1.807, 2.05) is 57.5 Å². The summed E-state index contributed by atoms with van der Waals surface area (Å²) in [4.78, 5) is 28.1. The normalized spacial score (nSPS) is 11.3. The molecule has 0 aliphatic carbocycles. The Kier molecular flexibility index (Phi) is 7.07. The maximum atomic E-state index is 13.3. The third-order valence-electron chi connectivity index (χ3n) is 5.29. The van der Waals surface area contributed by atoms with Gasteiger partial charge in [-0.25, -0.2) is 9.97 Å². The highest BCUT2D eigenvalue weighted by molar-refractivity contribution is 7.10. The quantitative estimate of drug-likeness (QED) is 0.286. The van der Waals surface area contributed by atoms with Gasteiger partial charge in [0.15, 0.2) is 5.02 Å². The molecule has 0 fully saturated rings. The highest BCUT2D eigenvalue weighted by Gasteiger charge is 2.19. The van der Waals surface area contributed by atoms with E-state index in [1.54, 1.807) is 24.3 Å². The van der Waals surface area contributed by atoms with E-state index in [-0.39, 0.29) is 23.4 Å². The standard InChI is InChI=1S/C25H24Cl2N4O2S/c1-13(2)23-28-10-14(3)22(30-23)18-6-7-19(26)20(9-18)31-16(5)29-24(21(27)25(31)32)33-11-17-8-15(4)34-12-17/h6-10,12-13H,11H2,1-5H3. The summed E-state index contributed by atoms with van der Waals surface area (Å²) in [6, 6.07) is 7.47. The summed E-state index contributed by atoms with van der Waals surface area (Å²) in [6.07, 6.45) is 1.81. The lowest BCUT2D eigenvalue weighted by Crippen LogP contribution is -2.24. The van der Waals surface area contributed by atoms with Crippen molar-refractivity contribution >= 4 is 34.5 Å². The van der Waals surface area contributed by atoms with Crippen molar-refractivity contribution in [3.63, 3.8) is 0 Å². The third-order valence-corrected chi connectivity index (χ3v) is 6.85. The van der Waals surface area contributed by atoms with E-state index in [2.05, 4.69) is 9.97 Å². The molecule has 34 heavy (non-hydrogen) atoms.